The number of hydrogen-bond acceptors (Lipinski definition) is 2. The maximum atomic E-state index is 11.5. The Hall–Kier alpha value is -0.570. The number of amides is 1. The molecule has 17 heavy (non-hydrogen) atoms. The van der Waals surface area contributed by atoms with Crippen LogP contribution in [0.2, 0.25) is 0 Å². The maximum absolute atomic E-state index is 11.5. The van der Waals surface area contributed by atoms with Gasteiger partial charge in [-0.1, -0.05) is 6.92 Å². The molecule has 1 unspecified atom stereocenters. The fourth-order valence-corrected chi connectivity index (χ4v) is 3.11. The summed E-state index contributed by atoms with van der Waals surface area (Å²) in [4.78, 5) is 13.6. The summed E-state index contributed by atoms with van der Waals surface area (Å²) in [5, 5.41) is 3.69. The Morgan fingerprint density at radius 1 is 1.35 bits per heavy atom. The van der Waals surface area contributed by atoms with E-state index in [1.54, 1.807) is 0 Å². The summed E-state index contributed by atoms with van der Waals surface area (Å²) in [7, 11) is 0. The van der Waals surface area contributed by atoms with Crippen molar-refractivity contribution in [1.82, 2.24) is 10.2 Å². The van der Waals surface area contributed by atoms with Crippen LogP contribution in [0.3, 0.4) is 0 Å². The zero-order chi connectivity index (χ0) is 12.3. The average Bonchev–Trinajstić information content (AvgIpc) is 2.68. The van der Waals surface area contributed by atoms with Gasteiger partial charge in [0.15, 0.2) is 0 Å². The van der Waals surface area contributed by atoms with Crippen LogP contribution in [0.1, 0.15) is 52.4 Å². The lowest BCUT2D eigenvalue weighted by atomic mass is 9.87. The highest BCUT2D eigenvalue weighted by Gasteiger charge is 2.24. The first-order chi connectivity index (χ1) is 8.15. The zero-order valence-corrected chi connectivity index (χ0v) is 11.2. The predicted molar refractivity (Wildman–Crippen MR) is 69.8 cm³/mol. The predicted octanol–water partition coefficient (Wildman–Crippen LogP) is 2.17. The quantitative estimate of drug-likeness (QED) is 0.814. The van der Waals surface area contributed by atoms with Crippen molar-refractivity contribution in [2.75, 3.05) is 13.1 Å². The van der Waals surface area contributed by atoms with Crippen molar-refractivity contribution in [1.29, 1.82) is 0 Å². The Morgan fingerprint density at radius 2 is 2.06 bits per heavy atom. The Morgan fingerprint density at radius 3 is 2.65 bits per heavy atom. The first-order valence-electron chi connectivity index (χ1n) is 7.19. The van der Waals surface area contributed by atoms with Crippen LogP contribution in [0.25, 0.3) is 0 Å². The smallest absolute Gasteiger partial charge is 0.222 e. The molecular weight excluding hydrogens is 212 g/mol. The van der Waals surface area contributed by atoms with E-state index >= 15 is 0 Å². The third kappa shape index (κ3) is 3.70. The van der Waals surface area contributed by atoms with Gasteiger partial charge >= 0.3 is 0 Å². The molecule has 1 saturated heterocycles. The molecule has 0 bridgehead atoms. The number of rotatable bonds is 4. The molecule has 0 aromatic carbocycles. The molecule has 0 aromatic rings. The molecule has 1 aliphatic carbocycles. The summed E-state index contributed by atoms with van der Waals surface area (Å²) in [5.74, 6) is 1.25. The van der Waals surface area contributed by atoms with Crippen LogP contribution < -0.4 is 5.32 Å². The summed E-state index contributed by atoms with van der Waals surface area (Å²) in [6.07, 6.45) is 7.12. The normalized spacial score (nSPS) is 31.9. The van der Waals surface area contributed by atoms with E-state index in [1.165, 1.54) is 25.7 Å². The van der Waals surface area contributed by atoms with Gasteiger partial charge in [0.05, 0.1) is 0 Å². The van der Waals surface area contributed by atoms with Crippen molar-refractivity contribution >= 4 is 5.91 Å². The van der Waals surface area contributed by atoms with Crippen LogP contribution in [-0.2, 0) is 4.79 Å². The van der Waals surface area contributed by atoms with Gasteiger partial charge in [-0.25, -0.2) is 0 Å². The molecule has 2 fully saturated rings. The highest BCUT2D eigenvalue weighted by Crippen LogP contribution is 2.23. The van der Waals surface area contributed by atoms with E-state index in [4.69, 9.17) is 0 Å². The number of hydrogen-bond donors (Lipinski definition) is 1. The minimum atomic E-state index is 0.343. The summed E-state index contributed by atoms with van der Waals surface area (Å²) in [6, 6.07) is 1.12. The number of nitrogens with zero attached hydrogens (tertiary/aromatic N) is 1. The van der Waals surface area contributed by atoms with E-state index in [1.807, 2.05) is 4.90 Å². The molecule has 3 nitrogen and oxygen atoms in total. The molecule has 2 rings (SSSR count). The molecule has 1 atom stereocenters. The number of nitrogens with one attached hydrogen (secondary N) is 1. The summed E-state index contributed by atoms with van der Waals surface area (Å²) < 4.78 is 0. The van der Waals surface area contributed by atoms with Crippen molar-refractivity contribution in [3.05, 3.63) is 0 Å². The Bertz CT molecular complexity index is 259. The molecular formula is C14H26N2O. The molecule has 3 heteroatoms. The van der Waals surface area contributed by atoms with Crippen molar-refractivity contribution in [3.63, 3.8) is 0 Å². The minimum Gasteiger partial charge on any atom is -0.341 e. The van der Waals surface area contributed by atoms with Gasteiger partial charge in [0, 0.05) is 31.6 Å². The highest BCUT2D eigenvalue weighted by molar-refractivity contribution is 5.78. The first-order valence-corrected chi connectivity index (χ1v) is 7.19. The highest BCUT2D eigenvalue weighted by atomic mass is 16.2. The lowest BCUT2D eigenvalue weighted by molar-refractivity contribution is -0.128. The second kappa shape index (κ2) is 5.85. The Kier molecular flexibility index (Phi) is 4.43. The van der Waals surface area contributed by atoms with Crippen LogP contribution in [0.4, 0.5) is 0 Å². The van der Waals surface area contributed by atoms with Gasteiger partial charge in [-0.2, -0.15) is 0 Å². The SMILES string of the molecule is CC1CCC(NC(C)CN2CCCC2=O)CC1. The molecule has 0 aromatic heterocycles. The number of likely N-dealkylation sites (tertiary alicyclic amines) is 1. The van der Waals surface area contributed by atoms with Gasteiger partial charge in [0.1, 0.15) is 0 Å². The molecule has 1 amide bonds. The molecule has 98 valence electrons. The van der Waals surface area contributed by atoms with Crippen molar-refractivity contribution in [2.24, 2.45) is 5.92 Å². The molecule has 0 radical (unpaired) electrons. The van der Waals surface area contributed by atoms with Crippen LogP contribution in [0.15, 0.2) is 0 Å². The van der Waals surface area contributed by atoms with E-state index in [-0.39, 0.29) is 0 Å². The topological polar surface area (TPSA) is 32.3 Å². The number of carbonyl (C=O) groups excluding carboxylic acids is 1. The summed E-state index contributed by atoms with van der Waals surface area (Å²) in [6.45, 7) is 6.42. The lowest BCUT2D eigenvalue weighted by Crippen LogP contribution is -2.45. The van der Waals surface area contributed by atoms with Crippen molar-refractivity contribution in [3.8, 4) is 0 Å². The van der Waals surface area contributed by atoms with Gasteiger partial charge in [-0.3, -0.25) is 4.79 Å². The fourth-order valence-electron chi connectivity index (χ4n) is 3.11. The van der Waals surface area contributed by atoms with E-state index < -0.39 is 0 Å². The van der Waals surface area contributed by atoms with Gasteiger partial charge < -0.3 is 10.2 Å². The third-order valence-electron chi connectivity index (χ3n) is 4.20. The zero-order valence-electron chi connectivity index (χ0n) is 11.2. The van der Waals surface area contributed by atoms with Gasteiger partial charge in [0.2, 0.25) is 5.91 Å². The number of carbonyl (C=O) groups is 1. The molecule has 1 N–H and O–H groups in total. The minimum absolute atomic E-state index is 0.343. The van der Waals surface area contributed by atoms with Crippen molar-refractivity contribution in [2.45, 2.75) is 64.5 Å². The third-order valence-corrected chi connectivity index (χ3v) is 4.20. The Labute approximate surface area is 105 Å². The van der Waals surface area contributed by atoms with Crippen LogP contribution >= 0.6 is 0 Å². The lowest BCUT2D eigenvalue weighted by Gasteiger charge is -2.31. The van der Waals surface area contributed by atoms with Crippen LogP contribution in [-0.4, -0.2) is 36.0 Å². The molecule has 1 heterocycles. The maximum Gasteiger partial charge on any atom is 0.222 e. The van der Waals surface area contributed by atoms with Crippen LogP contribution in [0.5, 0.6) is 0 Å². The van der Waals surface area contributed by atoms with E-state index in [9.17, 15) is 4.79 Å². The second-order valence-corrected chi connectivity index (χ2v) is 5.97. The summed E-state index contributed by atoms with van der Waals surface area (Å²) >= 11 is 0. The summed E-state index contributed by atoms with van der Waals surface area (Å²) in [5.41, 5.74) is 0. The van der Waals surface area contributed by atoms with Crippen LogP contribution in [0, 0.1) is 5.92 Å². The molecule has 2 aliphatic rings. The van der Waals surface area contributed by atoms with E-state index in [0.717, 1.165) is 31.8 Å². The molecule has 1 aliphatic heterocycles. The van der Waals surface area contributed by atoms with E-state index in [0.29, 0.717) is 18.0 Å². The Balaban J connectivity index is 1.69. The van der Waals surface area contributed by atoms with E-state index in [2.05, 4.69) is 19.2 Å². The van der Waals surface area contributed by atoms with Gasteiger partial charge in [-0.05, 0) is 44.9 Å². The standard InChI is InChI=1S/C14H26N2O/c1-11-5-7-13(8-6-11)15-12(2)10-16-9-3-4-14(16)17/h11-13,15H,3-10H2,1-2H3. The monoisotopic (exact) mass is 238 g/mol. The second-order valence-electron chi connectivity index (χ2n) is 5.97. The first kappa shape index (κ1) is 12.9. The van der Waals surface area contributed by atoms with Crippen molar-refractivity contribution < 1.29 is 4.79 Å². The molecule has 0 spiro atoms. The largest absolute Gasteiger partial charge is 0.341 e. The van der Waals surface area contributed by atoms with Gasteiger partial charge in [0.25, 0.3) is 0 Å². The van der Waals surface area contributed by atoms with Gasteiger partial charge in [-0.15, -0.1) is 0 Å². The molecule has 1 saturated carbocycles. The average molecular weight is 238 g/mol. The fraction of sp³-hybridized carbons (Fsp3) is 0.929.